The van der Waals surface area contributed by atoms with Crippen LogP contribution in [0.25, 0.3) is 10.8 Å². The van der Waals surface area contributed by atoms with Crippen molar-refractivity contribution in [2.24, 2.45) is 0 Å². The summed E-state index contributed by atoms with van der Waals surface area (Å²) in [6.07, 6.45) is 0.655. The Bertz CT molecular complexity index is 790. The summed E-state index contributed by atoms with van der Waals surface area (Å²) in [6, 6.07) is 11.1. The lowest BCUT2D eigenvalue weighted by Gasteiger charge is -2.06. The maximum Gasteiger partial charge on any atom is 0.437 e. The molecule has 1 aromatic carbocycles. The Morgan fingerprint density at radius 3 is 2.70 bits per heavy atom. The number of methoxy groups -OCH3 is 1. The van der Waals surface area contributed by atoms with Gasteiger partial charge in [-0.15, -0.1) is 16.4 Å². The minimum atomic E-state index is -0.446. The molecule has 0 fully saturated rings. The summed E-state index contributed by atoms with van der Waals surface area (Å²) in [5.41, 5.74) is 0. The van der Waals surface area contributed by atoms with Gasteiger partial charge in [0, 0.05) is 6.42 Å². The lowest BCUT2D eigenvalue weighted by atomic mass is 10.3. The zero-order valence-electron chi connectivity index (χ0n) is 12.6. The Balaban J connectivity index is 1.51. The van der Waals surface area contributed by atoms with Gasteiger partial charge >= 0.3 is 5.76 Å². The van der Waals surface area contributed by atoms with Crippen LogP contribution in [-0.4, -0.2) is 23.5 Å². The van der Waals surface area contributed by atoms with E-state index in [1.807, 2.05) is 41.8 Å². The lowest BCUT2D eigenvalue weighted by Crippen LogP contribution is -2.17. The summed E-state index contributed by atoms with van der Waals surface area (Å²) in [6.45, 7) is 0.934. The first-order valence-corrected chi connectivity index (χ1v) is 8.03. The van der Waals surface area contributed by atoms with Crippen molar-refractivity contribution in [1.29, 1.82) is 0 Å². The van der Waals surface area contributed by atoms with Crippen molar-refractivity contribution in [3.05, 3.63) is 52.3 Å². The molecule has 120 valence electrons. The highest BCUT2D eigenvalue weighted by Gasteiger charge is 2.10. The molecule has 3 aromatic rings. The smallest absolute Gasteiger partial charge is 0.437 e. The van der Waals surface area contributed by atoms with E-state index in [0.29, 0.717) is 25.5 Å². The molecule has 2 heterocycles. The van der Waals surface area contributed by atoms with Crippen molar-refractivity contribution in [2.45, 2.75) is 13.0 Å². The summed E-state index contributed by atoms with van der Waals surface area (Å²) in [5, 5.41) is 6.11. The van der Waals surface area contributed by atoms with Crippen LogP contribution in [-0.2, 0) is 6.54 Å². The minimum absolute atomic E-state index is 0.362. The maximum atomic E-state index is 11.8. The van der Waals surface area contributed by atoms with Crippen molar-refractivity contribution in [3.8, 4) is 22.3 Å². The minimum Gasteiger partial charge on any atom is -0.497 e. The second-order valence-electron chi connectivity index (χ2n) is 4.75. The van der Waals surface area contributed by atoms with E-state index in [1.165, 1.54) is 16.0 Å². The molecule has 0 saturated carbocycles. The molecule has 0 aliphatic rings. The van der Waals surface area contributed by atoms with E-state index < -0.39 is 5.76 Å². The highest BCUT2D eigenvalue weighted by Crippen LogP contribution is 2.21. The van der Waals surface area contributed by atoms with Crippen LogP contribution in [0.3, 0.4) is 0 Å². The summed E-state index contributed by atoms with van der Waals surface area (Å²) in [5.74, 6) is 1.46. The monoisotopic (exact) mass is 332 g/mol. The largest absolute Gasteiger partial charge is 0.497 e. The normalized spacial score (nSPS) is 10.7. The first-order valence-electron chi connectivity index (χ1n) is 7.15. The van der Waals surface area contributed by atoms with Crippen LogP contribution < -0.4 is 15.2 Å². The topological polar surface area (TPSA) is 66.5 Å². The van der Waals surface area contributed by atoms with Crippen molar-refractivity contribution in [3.63, 3.8) is 0 Å². The highest BCUT2D eigenvalue weighted by atomic mass is 32.1. The van der Waals surface area contributed by atoms with Crippen molar-refractivity contribution >= 4 is 11.3 Å². The van der Waals surface area contributed by atoms with E-state index >= 15 is 0 Å². The Morgan fingerprint density at radius 2 is 2.00 bits per heavy atom. The number of thiophene rings is 1. The van der Waals surface area contributed by atoms with Crippen LogP contribution in [0, 0.1) is 0 Å². The molecule has 6 nitrogen and oxygen atoms in total. The molecule has 0 aliphatic heterocycles. The van der Waals surface area contributed by atoms with E-state index in [4.69, 9.17) is 13.9 Å². The van der Waals surface area contributed by atoms with E-state index in [-0.39, 0.29) is 0 Å². The lowest BCUT2D eigenvalue weighted by molar-refractivity contribution is 0.295. The van der Waals surface area contributed by atoms with E-state index in [1.54, 1.807) is 7.11 Å². The van der Waals surface area contributed by atoms with E-state index in [0.717, 1.165) is 16.4 Å². The van der Waals surface area contributed by atoms with Crippen LogP contribution in [0.2, 0.25) is 0 Å². The average Bonchev–Trinajstić information content (AvgIpc) is 3.22. The standard InChI is InChI=1S/C16H16N2O4S/c1-20-12-5-7-13(8-6-12)21-10-3-9-18-16(19)22-15(17-18)14-4-2-11-23-14/h2,4-8,11H,3,9-10H2,1H3. The number of benzene rings is 1. The Labute approximate surface area is 136 Å². The molecule has 2 aromatic heterocycles. The van der Waals surface area contributed by atoms with Crippen LogP contribution in [0.4, 0.5) is 0 Å². The fourth-order valence-electron chi connectivity index (χ4n) is 2.02. The molecule has 7 heteroatoms. The fourth-order valence-corrected chi connectivity index (χ4v) is 2.67. The first kappa shape index (κ1) is 15.4. The van der Waals surface area contributed by atoms with Gasteiger partial charge in [0.1, 0.15) is 11.5 Å². The maximum absolute atomic E-state index is 11.8. The van der Waals surface area contributed by atoms with Gasteiger partial charge in [-0.25, -0.2) is 4.79 Å². The molecule has 0 bridgehead atoms. The molecule has 0 radical (unpaired) electrons. The predicted molar refractivity (Wildman–Crippen MR) is 87.2 cm³/mol. The molecule has 0 amide bonds. The van der Waals surface area contributed by atoms with Gasteiger partial charge in [-0.1, -0.05) is 6.07 Å². The number of aryl methyl sites for hydroxylation is 1. The van der Waals surface area contributed by atoms with Gasteiger partial charge in [-0.3, -0.25) is 0 Å². The Hall–Kier alpha value is -2.54. The number of hydrogen-bond acceptors (Lipinski definition) is 6. The van der Waals surface area contributed by atoms with Gasteiger partial charge in [0.15, 0.2) is 0 Å². The quantitative estimate of drug-likeness (QED) is 0.622. The molecule has 0 saturated heterocycles. The van der Waals surface area contributed by atoms with Crippen LogP contribution in [0.1, 0.15) is 6.42 Å². The fraction of sp³-hybridized carbons (Fsp3) is 0.250. The first-order chi connectivity index (χ1) is 11.3. The molecular formula is C16H16N2O4S. The van der Waals surface area contributed by atoms with Gasteiger partial charge in [0.25, 0.3) is 5.89 Å². The molecule has 0 spiro atoms. The number of ether oxygens (including phenoxy) is 2. The molecule has 23 heavy (non-hydrogen) atoms. The molecule has 0 N–H and O–H groups in total. The summed E-state index contributed by atoms with van der Waals surface area (Å²) < 4.78 is 17.2. The third-order valence-corrected chi connectivity index (χ3v) is 4.04. The van der Waals surface area contributed by atoms with Crippen molar-refractivity contribution in [1.82, 2.24) is 9.78 Å². The predicted octanol–water partition coefficient (Wildman–Crippen LogP) is 3.04. The zero-order valence-corrected chi connectivity index (χ0v) is 13.4. The SMILES string of the molecule is COc1ccc(OCCCn2nc(-c3cccs3)oc2=O)cc1. The third kappa shape index (κ3) is 3.81. The summed E-state index contributed by atoms with van der Waals surface area (Å²) in [7, 11) is 1.62. The van der Waals surface area contributed by atoms with Crippen molar-refractivity contribution in [2.75, 3.05) is 13.7 Å². The van der Waals surface area contributed by atoms with Crippen LogP contribution >= 0.6 is 11.3 Å². The van der Waals surface area contributed by atoms with Gasteiger partial charge in [-0.2, -0.15) is 4.68 Å². The van der Waals surface area contributed by atoms with Gasteiger partial charge in [0.2, 0.25) is 0 Å². The zero-order chi connectivity index (χ0) is 16.1. The summed E-state index contributed by atoms with van der Waals surface area (Å²) >= 11 is 1.48. The Morgan fingerprint density at radius 1 is 1.22 bits per heavy atom. The van der Waals surface area contributed by atoms with Crippen LogP contribution in [0.15, 0.2) is 51.0 Å². The van der Waals surface area contributed by atoms with Gasteiger partial charge in [-0.05, 0) is 35.7 Å². The molecular weight excluding hydrogens is 316 g/mol. The number of hydrogen-bond donors (Lipinski definition) is 0. The summed E-state index contributed by atoms with van der Waals surface area (Å²) in [4.78, 5) is 12.6. The highest BCUT2D eigenvalue weighted by molar-refractivity contribution is 7.13. The number of nitrogens with zero attached hydrogens (tertiary/aromatic N) is 2. The van der Waals surface area contributed by atoms with Crippen molar-refractivity contribution < 1.29 is 13.9 Å². The van der Waals surface area contributed by atoms with E-state index in [9.17, 15) is 4.79 Å². The Kier molecular flexibility index (Phi) is 4.77. The third-order valence-electron chi connectivity index (χ3n) is 3.18. The molecule has 0 unspecified atom stereocenters. The van der Waals surface area contributed by atoms with Crippen LogP contribution in [0.5, 0.6) is 11.5 Å². The van der Waals surface area contributed by atoms with E-state index in [2.05, 4.69) is 5.10 Å². The number of aromatic nitrogens is 2. The number of rotatable bonds is 7. The molecule has 0 aliphatic carbocycles. The average molecular weight is 332 g/mol. The van der Waals surface area contributed by atoms with Gasteiger partial charge < -0.3 is 13.9 Å². The second kappa shape index (κ2) is 7.15. The van der Waals surface area contributed by atoms with Gasteiger partial charge in [0.05, 0.1) is 25.1 Å². The molecule has 3 rings (SSSR count). The molecule has 0 atom stereocenters. The second-order valence-corrected chi connectivity index (χ2v) is 5.70.